The van der Waals surface area contributed by atoms with E-state index in [4.69, 9.17) is 4.74 Å². The Bertz CT molecular complexity index is 462. The van der Waals surface area contributed by atoms with Crippen LogP contribution in [0.15, 0.2) is 29.3 Å². The minimum atomic E-state index is 0.363. The van der Waals surface area contributed by atoms with E-state index < -0.39 is 0 Å². The molecule has 0 radical (unpaired) electrons. The van der Waals surface area contributed by atoms with Gasteiger partial charge in [-0.2, -0.15) is 0 Å². The molecular formula is C16H24N2OS. The second-order valence-corrected chi connectivity index (χ2v) is 7.52. The number of rotatable bonds is 4. The number of benzene rings is 1. The summed E-state index contributed by atoms with van der Waals surface area (Å²) in [5.74, 6) is 0.907. The Kier molecular flexibility index (Phi) is 4.97. The third kappa shape index (κ3) is 4.75. The highest BCUT2D eigenvalue weighted by Crippen LogP contribution is 2.32. The molecule has 0 bridgehead atoms. The lowest BCUT2D eigenvalue weighted by Gasteiger charge is -2.21. The smallest absolute Gasteiger partial charge is 0.161 e. The van der Waals surface area contributed by atoms with Gasteiger partial charge < -0.3 is 10.1 Å². The summed E-state index contributed by atoms with van der Waals surface area (Å²) in [6.07, 6.45) is 1.19. The molecule has 1 aliphatic rings. The number of aliphatic imine (C=N–C) groups is 1. The van der Waals surface area contributed by atoms with Crippen LogP contribution < -0.4 is 10.1 Å². The van der Waals surface area contributed by atoms with Gasteiger partial charge in [0.2, 0.25) is 0 Å². The third-order valence-electron chi connectivity index (χ3n) is 2.97. The molecule has 0 fully saturated rings. The van der Waals surface area contributed by atoms with Crippen molar-refractivity contribution in [1.29, 1.82) is 0 Å². The molecule has 1 aromatic rings. The predicted octanol–water partition coefficient (Wildman–Crippen LogP) is 4.40. The SMILES string of the molecule is CCOc1ccc(NC2=NCC(CC(C)(C)C)S2)cc1. The van der Waals surface area contributed by atoms with Gasteiger partial charge in [0.05, 0.1) is 13.2 Å². The lowest BCUT2D eigenvalue weighted by molar-refractivity contribution is 0.340. The van der Waals surface area contributed by atoms with Crippen molar-refractivity contribution in [2.24, 2.45) is 10.4 Å². The van der Waals surface area contributed by atoms with E-state index in [0.29, 0.717) is 17.3 Å². The Morgan fingerprint density at radius 2 is 2.00 bits per heavy atom. The van der Waals surface area contributed by atoms with Crippen LogP contribution in [0.1, 0.15) is 34.1 Å². The Balaban J connectivity index is 1.85. The molecule has 1 aromatic carbocycles. The maximum atomic E-state index is 5.44. The van der Waals surface area contributed by atoms with Crippen LogP contribution in [0, 0.1) is 5.41 Å². The molecule has 0 amide bonds. The van der Waals surface area contributed by atoms with Gasteiger partial charge in [-0.05, 0) is 43.0 Å². The number of nitrogens with zero attached hydrogens (tertiary/aromatic N) is 1. The van der Waals surface area contributed by atoms with Crippen molar-refractivity contribution in [3.05, 3.63) is 24.3 Å². The van der Waals surface area contributed by atoms with Crippen LogP contribution in [0.4, 0.5) is 5.69 Å². The number of amidine groups is 1. The summed E-state index contributed by atoms with van der Waals surface area (Å²) in [7, 11) is 0. The van der Waals surface area contributed by atoms with Gasteiger partial charge in [-0.25, -0.2) is 0 Å². The van der Waals surface area contributed by atoms with E-state index in [0.717, 1.165) is 23.1 Å². The molecule has 1 heterocycles. The zero-order chi connectivity index (χ0) is 14.6. The van der Waals surface area contributed by atoms with E-state index in [9.17, 15) is 0 Å². The first kappa shape index (κ1) is 15.2. The average molecular weight is 292 g/mol. The van der Waals surface area contributed by atoms with E-state index in [1.807, 2.05) is 43.0 Å². The number of thioether (sulfide) groups is 1. The molecule has 0 aliphatic carbocycles. The van der Waals surface area contributed by atoms with Crippen molar-refractivity contribution in [3.8, 4) is 5.75 Å². The van der Waals surface area contributed by atoms with Crippen LogP contribution in [0.5, 0.6) is 5.75 Å². The fraction of sp³-hybridized carbons (Fsp3) is 0.562. The first-order chi connectivity index (χ1) is 9.46. The second-order valence-electron chi connectivity index (χ2n) is 6.23. The van der Waals surface area contributed by atoms with Crippen molar-refractivity contribution in [1.82, 2.24) is 0 Å². The standard InChI is InChI=1S/C16H24N2OS/c1-5-19-13-8-6-12(7-9-13)18-15-17-11-14(20-15)10-16(2,3)4/h6-9,14H,5,10-11H2,1-4H3,(H,17,18). The molecule has 0 aromatic heterocycles. The Labute approximate surface area is 126 Å². The monoisotopic (exact) mass is 292 g/mol. The van der Waals surface area contributed by atoms with Crippen LogP contribution in [0.3, 0.4) is 0 Å². The summed E-state index contributed by atoms with van der Waals surface area (Å²) in [5, 5.41) is 5.01. The molecule has 2 rings (SSSR count). The molecule has 1 unspecified atom stereocenters. The Morgan fingerprint density at radius 3 is 2.60 bits per heavy atom. The van der Waals surface area contributed by atoms with Crippen LogP contribution in [0.2, 0.25) is 0 Å². The molecule has 110 valence electrons. The van der Waals surface area contributed by atoms with E-state index in [1.54, 1.807) is 0 Å². The van der Waals surface area contributed by atoms with Crippen LogP contribution in [0.25, 0.3) is 0 Å². The number of anilines is 1. The summed E-state index contributed by atoms with van der Waals surface area (Å²) in [6, 6.07) is 8.04. The van der Waals surface area contributed by atoms with Crippen molar-refractivity contribution < 1.29 is 4.74 Å². The van der Waals surface area contributed by atoms with Crippen LogP contribution in [-0.4, -0.2) is 23.6 Å². The summed E-state index contributed by atoms with van der Waals surface area (Å²) in [5.41, 5.74) is 1.43. The number of ether oxygens (including phenoxy) is 1. The van der Waals surface area contributed by atoms with Crippen molar-refractivity contribution >= 4 is 22.6 Å². The summed E-state index contributed by atoms with van der Waals surface area (Å²) in [4.78, 5) is 4.59. The van der Waals surface area contributed by atoms with Gasteiger partial charge >= 0.3 is 0 Å². The van der Waals surface area contributed by atoms with Gasteiger partial charge in [0, 0.05) is 10.9 Å². The Morgan fingerprint density at radius 1 is 1.30 bits per heavy atom. The summed E-state index contributed by atoms with van der Waals surface area (Å²) in [6.45, 7) is 10.5. The topological polar surface area (TPSA) is 33.6 Å². The normalized spacial score (nSPS) is 18.8. The molecule has 1 atom stereocenters. The first-order valence-corrected chi connectivity index (χ1v) is 8.05. The molecule has 0 saturated carbocycles. The van der Waals surface area contributed by atoms with Gasteiger partial charge in [-0.3, -0.25) is 4.99 Å². The predicted molar refractivity (Wildman–Crippen MR) is 89.0 cm³/mol. The number of hydrogen-bond acceptors (Lipinski definition) is 4. The fourth-order valence-electron chi connectivity index (χ4n) is 2.20. The largest absolute Gasteiger partial charge is 0.494 e. The van der Waals surface area contributed by atoms with Crippen molar-refractivity contribution in [2.45, 2.75) is 39.4 Å². The van der Waals surface area contributed by atoms with E-state index in [2.05, 4.69) is 31.1 Å². The molecule has 0 spiro atoms. The zero-order valence-corrected chi connectivity index (χ0v) is 13.6. The minimum Gasteiger partial charge on any atom is -0.494 e. The van der Waals surface area contributed by atoms with Gasteiger partial charge in [0.15, 0.2) is 5.17 Å². The molecule has 0 saturated heterocycles. The van der Waals surface area contributed by atoms with Crippen molar-refractivity contribution in [2.75, 3.05) is 18.5 Å². The molecule has 20 heavy (non-hydrogen) atoms. The van der Waals surface area contributed by atoms with E-state index >= 15 is 0 Å². The van der Waals surface area contributed by atoms with Crippen LogP contribution in [-0.2, 0) is 0 Å². The zero-order valence-electron chi connectivity index (χ0n) is 12.8. The van der Waals surface area contributed by atoms with E-state index in [-0.39, 0.29) is 0 Å². The lowest BCUT2D eigenvalue weighted by Crippen LogP contribution is -2.16. The third-order valence-corrected chi connectivity index (χ3v) is 4.08. The van der Waals surface area contributed by atoms with Gasteiger partial charge in [-0.15, -0.1) is 0 Å². The molecule has 3 nitrogen and oxygen atoms in total. The fourth-order valence-corrected chi connectivity index (χ4v) is 3.57. The summed E-state index contributed by atoms with van der Waals surface area (Å²) < 4.78 is 5.44. The molecular weight excluding hydrogens is 268 g/mol. The highest BCUT2D eigenvalue weighted by Gasteiger charge is 2.24. The van der Waals surface area contributed by atoms with Gasteiger partial charge in [0.25, 0.3) is 0 Å². The Hall–Kier alpha value is -1.16. The maximum Gasteiger partial charge on any atom is 0.161 e. The number of hydrogen-bond donors (Lipinski definition) is 1. The molecule has 1 aliphatic heterocycles. The highest BCUT2D eigenvalue weighted by molar-refractivity contribution is 8.15. The summed E-state index contributed by atoms with van der Waals surface area (Å²) >= 11 is 1.85. The minimum absolute atomic E-state index is 0.363. The maximum absolute atomic E-state index is 5.44. The number of nitrogens with one attached hydrogen (secondary N) is 1. The first-order valence-electron chi connectivity index (χ1n) is 7.17. The van der Waals surface area contributed by atoms with E-state index in [1.165, 1.54) is 6.42 Å². The second kappa shape index (κ2) is 6.53. The lowest BCUT2D eigenvalue weighted by atomic mass is 9.90. The van der Waals surface area contributed by atoms with Gasteiger partial charge in [0.1, 0.15) is 5.75 Å². The van der Waals surface area contributed by atoms with Gasteiger partial charge in [-0.1, -0.05) is 32.5 Å². The quantitative estimate of drug-likeness (QED) is 0.892. The van der Waals surface area contributed by atoms with Crippen LogP contribution >= 0.6 is 11.8 Å². The highest BCUT2D eigenvalue weighted by atomic mass is 32.2. The average Bonchev–Trinajstić information content (AvgIpc) is 2.77. The van der Waals surface area contributed by atoms with Crippen molar-refractivity contribution in [3.63, 3.8) is 0 Å². The molecule has 1 N–H and O–H groups in total. The molecule has 4 heteroatoms.